The van der Waals surface area contributed by atoms with E-state index in [1.165, 1.54) is 13.2 Å². The van der Waals surface area contributed by atoms with Gasteiger partial charge in [-0.2, -0.15) is 0 Å². The fourth-order valence-electron chi connectivity index (χ4n) is 3.37. The van der Waals surface area contributed by atoms with Gasteiger partial charge in [-0.05, 0) is 60.5 Å². The van der Waals surface area contributed by atoms with Crippen molar-refractivity contribution in [2.75, 3.05) is 14.2 Å². The molecule has 0 spiro atoms. The molecule has 3 aromatic carbocycles. The van der Waals surface area contributed by atoms with Gasteiger partial charge >= 0.3 is 11.6 Å². The molecule has 4 aromatic rings. The minimum Gasteiger partial charge on any atom is -0.497 e. The average Bonchev–Trinajstić information content (AvgIpc) is 2.80. The molecule has 6 heteroatoms. The summed E-state index contributed by atoms with van der Waals surface area (Å²) in [6, 6.07) is 19.0. The van der Waals surface area contributed by atoms with E-state index in [2.05, 4.69) is 0 Å². The van der Waals surface area contributed by atoms with Crippen molar-refractivity contribution >= 4 is 16.9 Å². The van der Waals surface area contributed by atoms with Crippen LogP contribution in [0.15, 0.2) is 75.9 Å². The molecule has 0 aliphatic heterocycles. The fourth-order valence-corrected chi connectivity index (χ4v) is 3.37. The predicted molar refractivity (Wildman–Crippen MR) is 117 cm³/mol. The van der Waals surface area contributed by atoms with Crippen molar-refractivity contribution in [3.63, 3.8) is 0 Å². The van der Waals surface area contributed by atoms with Gasteiger partial charge in [-0.25, -0.2) is 9.59 Å². The second-order valence-electron chi connectivity index (χ2n) is 6.89. The molecule has 0 bridgehead atoms. The number of hydrogen-bond acceptors (Lipinski definition) is 6. The lowest BCUT2D eigenvalue weighted by atomic mass is 10.00. The van der Waals surface area contributed by atoms with Gasteiger partial charge in [0.15, 0.2) is 0 Å². The van der Waals surface area contributed by atoms with E-state index in [9.17, 15) is 9.59 Å². The van der Waals surface area contributed by atoms with Crippen LogP contribution in [-0.4, -0.2) is 20.2 Å². The Morgan fingerprint density at radius 2 is 1.61 bits per heavy atom. The minimum absolute atomic E-state index is 0.315. The molecule has 0 amide bonds. The maximum atomic E-state index is 12.6. The fraction of sp³-hybridized carbons (Fsp3) is 0.120. The molecule has 0 fully saturated rings. The number of carbonyl (C=O) groups excluding carboxylic acids is 1. The van der Waals surface area contributed by atoms with Crippen LogP contribution >= 0.6 is 0 Å². The lowest BCUT2D eigenvalue weighted by Crippen LogP contribution is -2.10. The lowest BCUT2D eigenvalue weighted by molar-refractivity contribution is 0.0733. The zero-order valence-electron chi connectivity index (χ0n) is 17.3. The van der Waals surface area contributed by atoms with E-state index in [1.807, 2.05) is 24.3 Å². The van der Waals surface area contributed by atoms with Gasteiger partial charge in [0, 0.05) is 17.0 Å². The maximum absolute atomic E-state index is 12.6. The number of rotatable bonds is 5. The topological polar surface area (TPSA) is 75.0 Å². The minimum atomic E-state index is -0.532. The average molecular weight is 416 g/mol. The van der Waals surface area contributed by atoms with E-state index in [4.69, 9.17) is 18.6 Å². The molecular weight excluding hydrogens is 396 g/mol. The summed E-state index contributed by atoms with van der Waals surface area (Å²) in [5.74, 6) is 1.06. The molecule has 0 aliphatic carbocycles. The number of hydrogen-bond donors (Lipinski definition) is 0. The Balaban J connectivity index is 1.75. The third kappa shape index (κ3) is 4.00. The Labute approximate surface area is 178 Å². The summed E-state index contributed by atoms with van der Waals surface area (Å²) in [6.07, 6.45) is 0. The number of fused-ring (bicyclic) bond motifs is 1. The highest BCUT2D eigenvalue weighted by Crippen LogP contribution is 2.34. The second-order valence-corrected chi connectivity index (χ2v) is 6.89. The van der Waals surface area contributed by atoms with Crippen LogP contribution in [0.5, 0.6) is 17.2 Å². The summed E-state index contributed by atoms with van der Waals surface area (Å²) in [6.45, 7) is 1.75. The molecule has 0 saturated carbocycles. The quantitative estimate of drug-likeness (QED) is 0.259. The zero-order chi connectivity index (χ0) is 22.0. The Kier molecular flexibility index (Phi) is 5.45. The van der Waals surface area contributed by atoms with Gasteiger partial charge in [0.05, 0.1) is 19.8 Å². The molecule has 31 heavy (non-hydrogen) atoms. The molecule has 1 aromatic heterocycles. The molecule has 6 nitrogen and oxygen atoms in total. The Hall–Kier alpha value is -4.06. The Morgan fingerprint density at radius 1 is 0.871 bits per heavy atom. The molecule has 0 radical (unpaired) electrons. The molecule has 0 unspecified atom stereocenters. The lowest BCUT2D eigenvalue weighted by Gasteiger charge is -2.12. The first-order valence-corrected chi connectivity index (χ1v) is 9.58. The van der Waals surface area contributed by atoms with Gasteiger partial charge in [-0.1, -0.05) is 18.2 Å². The van der Waals surface area contributed by atoms with E-state index >= 15 is 0 Å². The summed E-state index contributed by atoms with van der Waals surface area (Å²) < 4.78 is 21.4. The van der Waals surface area contributed by atoms with Crippen molar-refractivity contribution in [3.8, 4) is 28.4 Å². The van der Waals surface area contributed by atoms with E-state index < -0.39 is 11.6 Å². The van der Waals surface area contributed by atoms with Crippen molar-refractivity contribution in [1.82, 2.24) is 0 Å². The van der Waals surface area contributed by atoms with Crippen molar-refractivity contribution in [2.45, 2.75) is 6.92 Å². The first kappa shape index (κ1) is 20.2. The first-order chi connectivity index (χ1) is 15.0. The number of esters is 1. The van der Waals surface area contributed by atoms with E-state index in [0.29, 0.717) is 28.2 Å². The number of methoxy groups -OCH3 is 2. The molecule has 0 saturated heterocycles. The Morgan fingerprint density at radius 3 is 2.32 bits per heavy atom. The second kappa shape index (κ2) is 8.36. The monoisotopic (exact) mass is 416 g/mol. The number of aryl methyl sites for hydroxylation is 1. The van der Waals surface area contributed by atoms with Crippen LogP contribution in [0.4, 0.5) is 0 Å². The van der Waals surface area contributed by atoms with Crippen LogP contribution in [0, 0.1) is 6.92 Å². The van der Waals surface area contributed by atoms with Crippen LogP contribution in [0.2, 0.25) is 0 Å². The van der Waals surface area contributed by atoms with Gasteiger partial charge in [-0.3, -0.25) is 0 Å². The van der Waals surface area contributed by atoms with Crippen molar-refractivity contribution in [3.05, 3.63) is 88.3 Å². The molecular formula is C25H20O6. The zero-order valence-corrected chi connectivity index (χ0v) is 17.3. The van der Waals surface area contributed by atoms with E-state index in [-0.39, 0.29) is 0 Å². The highest BCUT2D eigenvalue weighted by Gasteiger charge is 2.16. The molecule has 156 valence electrons. The van der Waals surface area contributed by atoms with Crippen molar-refractivity contribution in [2.24, 2.45) is 0 Å². The Bertz CT molecular complexity index is 1320. The summed E-state index contributed by atoms with van der Waals surface area (Å²) >= 11 is 0. The number of benzene rings is 3. The van der Waals surface area contributed by atoms with Gasteiger partial charge in [0.1, 0.15) is 22.8 Å². The van der Waals surface area contributed by atoms with Gasteiger partial charge < -0.3 is 18.6 Å². The molecule has 1 heterocycles. The molecule has 4 rings (SSSR count). The smallest absolute Gasteiger partial charge is 0.343 e. The summed E-state index contributed by atoms with van der Waals surface area (Å²) in [7, 11) is 3.12. The van der Waals surface area contributed by atoms with Crippen LogP contribution < -0.4 is 19.8 Å². The SMILES string of the molecule is COc1ccc(-c2cc(=O)oc3c(C)c(OC(=O)c4cccc(OC)c4)ccc23)cc1. The molecule has 0 atom stereocenters. The summed E-state index contributed by atoms with van der Waals surface area (Å²) in [4.78, 5) is 24.9. The standard InChI is InChI=1S/C25H20O6/c1-15-22(30-25(27)17-5-4-6-19(13-17)29-3)12-11-20-21(14-23(26)31-24(15)20)16-7-9-18(28-2)10-8-16/h4-14H,1-3H3. The van der Waals surface area contributed by atoms with Crippen molar-refractivity contribution < 1.29 is 23.4 Å². The van der Waals surface area contributed by atoms with Crippen LogP contribution in [0.1, 0.15) is 15.9 Å². The van der Waals surface area contributed by atoms with Gasteiger partial charge in [-0.15, -0.1) is 0 Å². The van der Waals surface area contributed by atoms with Crippen LogP contribution in [-0.2, 0) is 0 Å². The number of ether oxygens (including phenoxy) is 3. The van der Waals surface area contributed by atoms with E-state index in [0.717, 1.165) is 22.3 Å². The molecule has 0 aliphatic rings. The highest BCUT2D eigenvalue weighted by atomic mass is 16.5. The van der Waals surface area contributed by atoms with Gasteiger partial charge in [0.2, 0.25) is 0 Å². The largest absolute Gasteiger partial charge is 0.497 e. The first-order valence-electron chi connectivity index (χ1n) is 9.58. The molecule has 0 N–H and O–H groups in total. The van der Waals surface area contributed by atoms with Gasteiger partial charge in [0.25, 0.3) is 0 Å². The summed E-state index contributed by atoms with van der Waals surface area (Å²) in [5, 5.41) is 0.739. The third-order valence-corrected chi connectivity index (χ3v) is 5.02. The van der Waals surface area contributed by atoms with Crippen molar-refractivity contribution in [1.29, 1.82) is 0 Å². The van der Waals surface area contributed by atoms with E-state index in [1.54, 1.807) is 50.4 Å². The highest BCUT2D eigenvalue weighted by molar-refractivity contribution is 5.97. The summed E-state index contributed by atoms with van der Waals surface area (Å²) in [5.41, 5.74) is 2.36. The maximum Gasteiger partial charge on any atom is 0.343 e. The normalized spacial score (nSPS) is 10.7. The predicted octanol–water partition coefficient (Wildman–Crippen LogP) is 5.00. The number of carbonyl (C=O) groups is 1. The third-order valence-electron chi connectivity index (χ3n) is 5.02. The van der Waals surface area contributed by atoms with Crippen LogP contribution in [0.25, 0.3) is 22.1 Å². The van der Waals surface area contributed by atoms with Crippen LogP contribution in [0.3, 0.4) is 0 Å².